The Hall–Kier alpha value is -0.0400. The fourth-order valence-electron chi connectivity index (χ4n) is 4.15. The fraction of sp³-hybridized carbons (Fsp3) is 1.00. The summed E-state index contributed by atoms with van der Waals surface area (Å²) in [5.74, 6) is 3.00. The second-order valence-corrected chi connectivity index (χ2v) is 7.39. The molecular weight excluding hydrogens is 230 g/mol. The summed E-state index contributed by atoms with van der Waals surface area (Å²) in [6, 6.07) is 0.834. The maximum Gasteiger partial charge on any atom is 0.00672 e. The summed E-state index contributed by atoms with van der Waals surface area (Å²) < 4.78 is 0. The highest BCUT2D eigenvalue weighted by molar-refractivity contribution is 4.78. The van der Waals surface area contributed by atoms with Gasteiger partial charge in [0.25, 0.3) is 0 Å². The molecule has 2 atom stereocenters. The minimum atomic E-state index is 0.834. The molecule has 2 unspecified atom stereocenters. The summed E-state index contributed by atoms with van der Waals surface area (Å²) in [6.45, 7) is 6.06. The first-order valence-corrected chi connectivity index (χ1v) is 9.01. The van der Waals surface area contributed by atoms with Crippen molar-refractivity contribution in [3.8, 4) is 0 Å². The lowest BCUT2D eigenvalue weighted by atomic mass is 9.83. The van der Waals surface area contributed by atoms with Gasteiger partial charge in [-0.2, -0.15) is 0 Å². The van der Waals surface area contributed by atoms with Crippen LogP contribution in [0.3, 0.4) is 0 Å². The molecule has 2 aliphatic carbocycles. The van der Waals surface area contributed by atoms with Gasteiger partial charge in [-0.15, -0.1) is 0 Å². The molecule has 0 heterocycles. The summed E-state index contributed by atoms with van der Waals surface area (Å²) in [7, 11) is 0. The quantitative estimate of drug-likeness (QED) is 0.678. The molecule has 1 nitrogen and oxygen atoms in total. The third kappa shape index (κ3) is 5.45. The predicted molar refractivity (Wildman–Crippen MR) is 84.4 cm³/mol. The highest BCUT2D eigenvalue weighted by Crippen LogP contribution is 2.29. The van der Waals surface area contributed by atoms with Gasteiger partial charge in [0, 0.05) is 6.04 Å². The van der Waals surface area contributed by atoms with Crippen molar-refractivity contribution in [2.75, 3.05) is 6.54 Å². The molecule has 19 heavy (non-hydrogen) atoms. The molecule has 0 radical (unpaired) electrons. The number of hydrogen-bond acceptors (Lipinski definition) is 1. The van der Waals surface area contributed by atoms with Crippen LogP contribution >= 0.6 is 0 Å². The lowest BCUT2D eigenvalue weighted by Gasteiger charge is -2.28. The van der Waals surface area contributed by atoms with Crippen LogP contribution in [-0.4, -0.2) is 12.6 Å². The van der Waals surface area contributed by atoms with Gasteiger partial charge in [-0.1, -0.05) is 52.4 Å². The van der Waals surface area contributed by atoms with Crippen molar-refractivity contribution in [1.82, 2.24) is 5.32 Å². The highest BCUT2D eigenvalue weighted by atomic mass is 14.9. The van der Waals surface area contributed by atoms with Crippen LogP contribution < -0.4 is 5.32 Å². The van der Waals surface area contributed by atoms with Gasteiger partial charge in [0.05, 0.1) is 0 Å². The van der Waals surface area contributed by atoms with E-state index in [0.717, 1.165) is 23.8 Å². The van der Waals surface area contributed by atoms with Crippen LogP contribution in [0.25, 0.3) is 0 Å². The first kappa shape index (κ1) is 15.4. The Kier molecular flexibility index (Phi) is 6.70. The average molecular weight is 265 g/mol. The maximum atomic E-state index is 3.91. The van der Waals surface area contributed by atoms with Gasteiger partial charge in [-0.3, -0.25) is 0 Å². The molecule has 0 aromatic rings. The van der Waals surface area contributed by atoms with E-state index in [2.05, 4.69) is 19.2 Å². The minimum Gasteiger partial charge on any atom is -0.314 e. The Morgan fingerprint density at radius 3 is 2.32 bits per heavy atom. The molecule has 0 aromatic heterocycles. The normalized spacial score (nSPS) is 36.9. The maximum absolute atomic E-state index is 3.91. The Labute approximate surface area is 120 Å². The highest BCUT2D eigenvalue weighted by Gasteiger charge is 2.21. The molecule has 2 fully saturated rings. The van der Waals surface area contributed by atoms with Crippen molar-refractivity contribution in [3.05, 3.63) is 0 Å². The van der Waals surface area contributed by atoms with E-state index >= 15 is 0 Å². The van der Waals surface area contributed by atoms with E-state index in [1.54, 1.807) is 0 Å². The van der Waals surface area contributed by atoms with Crippen molar-refractivity contribution in [2.24, 2.45) is 17.8 Å². The Morgan fingerprint density at radius 1 is 0.842 bits per heavy atom. The largest absolute Gasteiger partial charge is 0.314 e. The number of hydrogen-bond donors (Lipinski definition) is 1. The lowest BCUT2D eigenvalue weighted by molar-refractivity contribution is 0.269. The zero-order valence-corrected chi connectivity index (χ0v) is 13.3. The fourth-order valence-corrected chi connectivity index (χ4v) is 4.15. The van der Waals surface area contributed by atoms with Crippen LogP contribution in [0, 0.1) is 17.8 Å². The molecule has 0 spiro atoms. The average Bonchev–Trinajstić information content (AvgIpc) is 2.64. The summed E-state index contributed by atoms with van der Waals surface area (Å²) in [4.78, 5) is 0. The topological polar surface area (TPSA) is 12.0 Å². The predicted octanol–water partition coefficient (Wildman–Crippen LogP) is 5.15. The van der Waals surface area contributed by atoms with Crippen molar-refractivity contribution >= 4 is 0 Å². The first-order chi connectivity index (χ1) is 9.28. The van der Waals surface area contributed by atoms with Crippen molar-refractivity contribution in [1.29, 1.82) is 0 Å². The Balaban J connectivity index is 1.63. The van der Waals surface area contributed by atoms with E-state index in [1.807, 2.05) is 0 Å². The molecule has 112 valence electrons. The van der Waals surface area contributed by atoms with Gasteiger partial charge in [-0.05, 0) is 56.4 Å². The van der Waals surface area contributed by atoms with E-state index in [4.69, 9.17) is 0 Å². The van der Waals surface area contributed by atoms with Gasteiger partial charge in [0.1, 0.15) is 0 Å². The molecule has 1 heteroatoms. The van der Waals surface area contributed by atoms with Gasteiger partial charge < -0.3 is 5.32 Å². The smallest absolute Gasteiger partial charge is 0.00672 e. The van der Waals surface area contributed by atoms with E-state index < -0.39 is 0 Å². The van der Waals surface area contributed by atoms with Crippen LogP contribution in [0.5, 0.6) is 0 Å². The third-order valence-electron chi connectivity index (χ3n) is 5.62. The van der Waals surface area contributed by atoms with E-state index in [-0.39, 0.29) is 0 Å². The van der Waals surface area contributed by atoms with E-state index in [0.29, 0.717) is 0 Å². The molecular formula is C18H35N. The van der Waals surface area contributed by atoms with E-state index in [9.17, 15) is 0 Å². The zero-order chi connectivity index (χ0) is 13.5. The van der Waals surface area contributed by atoms with Gasteiger partial charge in [0.15, 0.2) is 0 Å². The summed E-state index contributed by atoms with van der Waals surface area (Å²) in [6.07, 6.45) is 16.0. The summed E-state index contributed by atoms with van der Waals surface area (Å²) in [5, 5.41) is 3.91. The van der Waals surface area contributed by atoms with Crippen LogP contribution in [0.1, 0.15) is 84.5 Å². The van der Waals surface area contributed by atoms with Crippen LogP contribution in [0.2, 0.25) is 0 Å². The van der Waals surface area contributed by atoms with Crippen LogP contribution in [0.15, 0.2) is 0 Å². The number of nitrogens with one attached hydrogen (secondary N) is 1. The molecule has 1 N–H and O–H groups in total. The Morgan fingerprint density at radius 2 is 1.58 bits per heavy atom. The SMILES string of the molecule is CCCC1CCCC(NCC2CCC(C)CC2)CC1. The summed E-state index contributed by atoms with van der Waals surface area (Å²) >= 11 is 0. The van der Waals surface area contributed by atoms with Gasteiger partial charge in [-0.25, -0.2) is 0 Å². The molecule has 2 aliphatic rings. The molecule has 0 aliphatic heterocycles. The second-order valence-electron chi connectivity index (χ2n) is 7.39. The molecule has 2 rings (SSSR count). The molecule has 0 saturated heterocycles. The monoisotopic (exact) mass is 265 g/mol. The second kappa shape index (κ2) is 8.29. The van der Waals surface area contributed by atoms with Gasteiger partial charge >= 0.3 is 0 Å². The molecule has 0 aromatic carbocycles. The third-order valence-corrected chi connectivity index (χ3v) is 5.62. The number of rotatable bonds is 5. The van der Waals surface area contributed by atoms with Crippen molar-refractivity contribution in [3.63, 3.8) is 0 Å². The van der Waals surface area contributed by atoms with Gasteiger partial charge in [0.2, 0.25) is 0 Å². The lowest BCUT2D eigenvalue weighted by Crippen LogP contribution is -2.34. The van der Waals surface area contributed by atoms with E-state index in [1.165, 1.54) is 77.2 Å². The molecule has 2 saturated carbocycles. The molecule has 0 amide bonds. The Bertz CT molecular complexity index is 230. The van der Waals surface area contributed by atoms with Crippen molar-refractivity contribution < 1.29 is 0 Å². The molecule has 0 bridgehead atoms. The van der Waals surface area contributed by atoms with Crippen LogP contribution in [0.4, 0.5) is 0 Å². The standard InChI is InChI=1S/C18H35N/c1-3-5-16-6-4-7-18(13-12-16)19-14-17-10-8-15(2)9-11-17/h15-19H,3-14H2,1-2H3. The summed E-state index contributed by atoms with van der Waals surface area (Å²) in [5.41, 5.74) is 0. The minimum absolute atomic E-state index is 0.834. The zero-order valence-electron chi connectivity index (χ0n) is 13.3. The van der Waals surface area contributed by atoms with Crippen molar-refractivity contribution in [2.45, 2.75) is 90.5 Å². The van der Waals surface area contributed by atoms with Crippen LogP contribution in [-0.2, 0) is 0 Å². The first-order valence-electron chi connectivity index (χ1n) is 9.01.